The summed E-state index contributed by atoms with van der Waals surface area (Å²) in [4.78, 5) is 4.42. The van der Waals surface area contributed by atoms with E-state index in [9.17, 15) is 5.11 Å². The smallest absolute Gasteiger partial charge is 0.145 e. The van der Waals surface area contributed by atoms with Gasteiger partial charge in [0.15, 0.2) is 0 Å². The second-order valence-electron chi connectivity index (χ2n) is 5.91. The molecule has 0 aliphatic heterocycles. The molecule has 124 valence electrons. The van der Waals surface area contributed by atoms with E-state index in [-0.39, 0.29) is 0 Å². The first-order valence-corrected chi connectivity index (χ1v) is 8.59. The molecule has 0 amide bonds. The number of aromatic nitrogens is 2. The third-order valence-electron chi connectivity index (χ3n) is 4.19. The topological polar surface area (TPSA) is 64.1 Å². The number of nitrogens with zero attached hydrogens (tertiary/aromatic N) is 2. The number of nitrogens with two attached hydrogens (primary N) is 1. The van der Waals surface area contributed by atoms with E-state index in [0.29, 0.717) is 18.9 Å². The van der Waals surface area contributed by atoms with Crippen LogP contribution in [0, 0.1) is 0 Å². The van der Waals surface area contributed by atoms with Gasteiger partial charge >= 0.3 is 0 Å². The van der Waals surface area contributed by atoms with E-state index in [0.717, 1.165) is 21.2 Å². The molecule has 24 heavy (non-hydrogen) atoms. The molecule has 0 radical (unpaired) electrons. The summed E-state index contributed by atoms with van der Waals surface area (Å²) in [6.45, 7) is 2.75. The van der Waals surface area contributed by atoms with Gasteiger partial charge in [-0.25, -0.2) is 4.98 Å². The van der Waals surface area contributed by atoms with Crippen molar-refractivity contribution in [1.29, 1.82) is 0 Å². The SMILES string of the molecule is CC(O)(c1cccc(Br)c1CN)c1nccn1Cc1ccccc1. The lowest BCUT2D eigenvalue weighted by Gasteiger charge is -2.27. The average Bonchev–Trinajstić information content (AvgIpc) is 3.04. The van der Waals surface area contributed by atoms with Crippen LogP contribution in [-0.2, 0) is 18.7 Å². The highest BCUT2D eigenvalue weighted by Gasteiger charge is 2.33. The molecule has 0 fully saturated rings. The summed E-state index contributed by atoms with van der Waals surface area (Å²) in [5, 5.41) is 11.3. The number of halogens is 1. The van der Waals surface area contributed by atoms with Crippen LogP contribution in [0.2, 0.25) is 0 Å². The molecular weight excluding hydrogens is 366 g/mol. The van der Waals surface area contributed by atoms with Crippen LogP contribution in [0.3, 0.4) is 0 Å². The second-order valence-corrected chi connectivity index (χ2v) is 6.76. The van der Waals surface area contributed by atoms with Crippen LogP contribution in [0.1, 0.15) is 29.4 Å². The van der Waals surface area contributed by atoms with Gasteiger partial charge in [0.05, 0.1) is 0 Å². The van der Waals surface area contributed by atoms with E-state index in [2.05, 4.69) is 33.0 Å². The van der Waals surface area contributed by atoms with Gasteiger partial charge in [-0.05, 0) is 29.7 Å². The standard InChI is InChI=1S/C19H20BrN3O/c1-19(24,16-8-5-9-17(20)15(16)12-21)18-22-10-11-23(18)13-14-6-3-2-4-7-14/h2-11,24H,12-13,21H2,1H3. The third-order valence-corrected chi connectivity index (χ3v) is 4.94. The Morgan fingerprint density at radius 2 is 1.92 bits per heavy atom. The fourth-order valence-electron chi connectivity index (χ4n) is 2.98. The minimum atomic E-state index is -1.24. The lowest BCUT2D eigenvalue weighted by atomic mass is 9.90. The lowest BCUT2D eigenvalue weighted by Crippen LogP contribution is -2.29. The molecule has 0 aliphatic rings. The van der Waals surface area contributed by atoms with Crippen molar-refractivity contribution in [1.82, 2.24) is 9.55 Å². The number of benzene rings is 2. The Labute approximate surface area is 150 Å². The van der Waals surface area contributed by atoms with Crippen LogP contribution in [0.4, 0.5) is 0 Å². The molecular formula is C19H20BrN3O. The van der Waals surface area contributed by atoms with Gasteiger partial charge in [-0.3, -0.25) is 0 Å². The highest BCUT2D eigenvalue weighted by Crippen LogP contribution is 2.33. The highest BCUT2D eigenvalue weighted by atomic mass is 79.9. The fraction of sp³-hybridized carbons (Fsp3) is 0.211. The molecule has 0 saturated heterocycles. The highest BCUT2D eigenvalue weighted by molar-refractivity contribution is 9.10. The summed E-state index contributed by atoms with van der Waals surface area (Å²) in [6.07, 6.45) is 3.60. The normalized spacial score (nSPS) is 13.7. The molecule has 2 aromatic carbocycles. The van der Waals surface area contributed by atoms with Crippen molar-refractivity contribution >= 4 is 15.9 Å². The Hall–Kier alpha value is -1.95. The van der Waals surface area contributed by atoms with Crippen molar-refractivity contribution < 1.29 is 5.11 Å². The Morgan fingerprint density at radius 1 is 1.17 bits per heavy atom. The molecule has 0 bridgehead atoms. The number of rotatable bonds is 5. The number of imidazole rings is 1. The first-order chi connectivity index (χ1) is 11.5. The van der Waals surface area contributed by atoms with Gasteiger partial charge in [-0.1, -0.05) is 58.4 Å². The molecule has 1 heterocycles. The summed E-state index contributed by atoms with van der Waals surface area (Å²) in [5.74, 6) is 0.596. The van der Waals surface area contributed by atoms with E-state index >= 15 is 0 Å². The molecule has 1 unspecified atom stereocenters. The maximum Gasteiger partial charge on any atom is 0.145 e. The largest absolute Gasteiger partial charge is 0.377 e. The van der Waals surface area contributed by atoms with Gasteiger partial charge in [0.1, 0.15) is 11.4 Å². The van der Waals surface area contributed by atoms with Crippen LogP contribution < -0.4 is 5.73 Å². The number of aliphatic hydroxyl groups is 1. The van der Waals surface area contributed by atoms with E-state index in [1.54, 1.807) is 13.1 Å². The van der Waals surface area contributed by atoms with Gasteiger partial charge in [0.2, 0.25) is 0 Å². The van der Waals surface area contributed by atoms with Crippen molar-refractivity contribution in [3.05, 3.63) is 87.9 Å². The monoisotopic (exact) mass is 385 g/mol. The molecule has 3 aromatic rings. The summed E-state index contributed by atoms with van der Waals surface area (Å²) < 4.78 is 2.86. The second kappa shape index (κ2) is 6.89. The lowest BCUT2D eigenvalue weighted by molar-refractivity contribution is 0.0874. The number of hydrogen-bond acceptors (Lipinski definition) is 3. The van der Waals surface area contributed by atoms with Crippen LogP contribution in [0.25, 0.3) is 0 Å². The van der Waals surface area contributed by atoms with Crippen molar-refractivity contribution in [2.45, 2.75) is 25.6 Å². The van der Waals surface area contributed by atoms with Gasteiger partial charge < -0.3 is 15.4 Å². The van der Waals surface area contributed by atoms with Gasteiger partial charge in [0.25, 0.3) is 0 Å². The summed E-state index contributed by atoms with van der Waals surface area (Å²) in [7, 11) is 0. The molecule has 4 nitrogen and oxygen atoms in total. The van der Waals surface area contributed by atoms with Crippen LogP contribution >= 0.6 is 15.9 Å². The maximum absolute atomic E-state index is 11.3. The first-order valence-electron chi connectivity index (χ1n) is 7.80. The zero-order chi connectivity index (χ0) is 17.2. The van der Waals surface area contributed by atoms with Gasteiger partial charge in [-0.15, -0.1) is 0 Å². The van der Waals surface area contributed by atoms with E-state index in [4.69, 9.17) is 5.73 Å². The molecule has 0 spiro atoms. The van der Waals surface area contributed by atoms with Crippen LogP contribution in [0.5, 0.6) is 0 Å². The van der Waals surface area contributed by atoms with Crippen LogP contribution in [0.15, 0.2) is 65.4 Å². The maximum atomic E-state index is 11.3. The average molecular weight is 386 g/mol. The molecule has 3 rings (SSSR count). The van der Waals surface area contributed by atoms with Crippen molar-refractivity contribution in [2.75, 3.05) is 0 Å². The van der Waals surface area contributed by atoms with E-state index in [1.165, 1.54) is 0 Å². The molecule has 0 aliphatic carbocycles. The van der Waals surface area contributed by atoms with Gasteiger partial charge in [-0.2, -0.15) is 0 Å². The zero-order valence-electron chi connectivity index (χ0n) is 13.5. The Morgan fingerprint density at radius 3 is 2.62 bits per heavy atom. The first kappa shape index (κ1) is 16.9. The zero-order valence-corrected chi connectivity index (χ0v) is 15.1. The summed E-state index contributed by atoms with van der Waals surface area (Å²) in [5.41, 5.74) is 7.46. The quantitative estimate of drug-likeness (QED) is 0.707. The minimum Gasteiger partial charge on any atom is -0.377 e. The van der Waals surface area contributed by atoms with E-state index < -0.39 is 5.60 Å². The van der Waals surface area contributed by atoms with E-state index in [1.807, 2.05) is 47.2 Å². The van der Waals surface area contributed by atoms with Crippen molar-refractivity contribution in [3.8, 4) is 0 Å². The number of hydrogen-bond donors (Lipinski definition) is 2. The fourth-order valence-corrected chi connectivity index (χ4v) is 3.51. The summed E-state index contributed by atoms with van der Waals surface area (Å²) >= 11 is 3.52. The molecule has 3 N–H and O–H groups in total. The molecule has 0 saturated carbocycles. The van der Waals surface area contributed by atoms with Gasteiger partial charge in [0, 0.05) is 30.0 Å². The molecule has 1 aromatic heterocycles. The van der Waals surface area contributed by atoms with Crippen LogP contribution in [-0.4, -0.2) is 14.7 Å². The predicted molar refractivity (Wildman–Crippen MR) is 98.5 cm³/mol. The predicted octanol–water partition coefficient (Wildman–Crippen LogP) is 3.41. The Balaban J connectivity index is 2.03. The Kier molecular flexibility index (Phi) is 4.85. The summed E-state index contributed by atoms with van der Waals surface area (Å²) in [6, 6.07) is 15.8. The third kappa shape index (κ3) is 3.15. The van der Waals surface area contributed by atoms with Crippen molar-refractivity contribution in [3.63, 3.8) is 0 Å². The molecule has 1 atom stereocenters. The minimum absolute atomic E-state index is 0.340. The van der Waals surface area contributed by atoms with Crippen molar-refractivity contribution in [2.24, 2.45) is 5.73 Å². The Bertz CT molecular complexity index is 828. The molecule has 5 heteroatoms.